The number of amides is 1. The number of nitrogens with one attached hydrogen (secondary N) is 1. The summed E-state index contributed by atoms with van der Waals surface area (Å²) in [5.74, 6) is -2.53. The number of rotatable bonds is 2. The molecule has 0 fully saturated rings. The van der Waals surface area contributed by atoms with Crippen LogP contribution in [0.15, 0.2) is 12.2 Å². The lowest BCUT2D eigenvalue weighted by molar-refractivity contribution is -0.152. The second kappa shape index (κ2) is 7.56. The van der Waals surface area contributed by atoms with Gasteiger partial charge in [0.05, 0.1) is 14.2 Å². The minimum atomic E-state index is -0.925. The average molecular weight is 269 g/mol. The predicted octanol–water partition coefficient (Wildman–Crippen LogP) is 0.564. The Balaban J connectivity index is 2.85. The van der Waals surface area contributed by atoms with Crippen LogP contribution >= 0.6 is 0 Å². The minimum Gasteiger partial charge on any atom is -0.468 e. The number of carbonyl (C=O) groups excluding carboxylic acids is 3. The fraction of sp³-hybridized carbons (Fsp3) is 0.615. The molecule has 0 aromatic heterocycles. The van der Waals surface area contributed by atoms with E-state index in [2.05, 4.69) is 14.8 Å². The number of ether oxygens (including phenoxy) is 2. The van der Waals surface area contributed by atoms with Gasteiger partial charge in [0, 0.05) is 0 Å². The van der Waals surface area contributed by atoms with Crippen molar-refractivity contribution in [1.82, 2.24) is 5.32 Å². The van der Waals surface area contributed by atoms with Crippen LogP contribution in [0.25, 0.3) is 0 Å². The second-order valence-electron chi connectivity index (χ2n) is 4.30. The van der Waals surface area contributed by atoms with Gasteiger partial charge in [0.15, 0.2) is 0 Å². The van der Waals surface area contributed by atoms with Crippen LogP contribution in [0.5, 0.6) is 0 Å². The Kier molecular flexibility index (Phi) is 6.05. The van der Waals surface area contributed by atoms with Gasteiger partial charge in [-0.25, -0.2) is 4.79 Å². The van der Waals surface area contributed by atoms with Crippen LogP contribution in [0, 0.1) is 5.92 Å². The molecule has 6 heteroatoms. The molecule has 0 bridgehead atoms. The van der Waals surface area contributed by atoms with Crippen molar-refractivity contribution in [2.24, 2.45) is 5.92 Å². The quantitative estimate of drug-likeness (QED) is 0.450. The summed E-state index contributed by atoms with van der Waals surface area (Å²) >= 11 is 0. The van der Waals surface area contributed by atoms with E-state index in [0.717, 1.165) is 12.8 Å². The second-order valence-corrected chi connectivity index (χ2v) is 4.30. The number of allylic oxidation sites excluding steroid dienone is 2. The van der Waals surface area contributed by atoms with Crippen LogP contribution in [-0.2, 0) is 23.9 Å². The maximum atomic E-state index is 12.0. The van der Waals surface area contributed by atoms with E-state index in [1.54, 1.807) is 6.08 Å². The fourth-order valence-electron chi connectivity index (χ4n) is 1.91. The Morgan fingerprint density at radius 3 is 2.53 bits per heavy atom. The highest BCUT2D eigenvalue weighted by Gasteiger charge is 2.30. The number of methoxy groups -OCH3 is 2. The summed E-state index contributed by atoms with van der Waals surface area (Å²) in [4.78, 5) is 35.1. The highest BCUT2D eigenvalue weighted by atomic mass is 16.5. The van der Waals surface area contributed by atoms with E-state index < -0.39 is 29.8 Å². The molecule has 1 N–H and O–H groups in total. The van der Waals surface area contributed by atoms with Crippen LogP contribution in [0.1, 0.15) is 25.7 Å². The molecule has 1 aliphatic rings. The van der Waals surface area contributed by atoms with E-state index in [-0.39, 0.29) is 6.42 Å². The molecule has 0 radical (unpaired) electrons. The van der Waals surface area contributed by atoms with E-state index >= 15 is 0 Å². The zero-order chi connectivity index (χ0) is 14.3. The molecule has 0 saturated carbocycles. The molecular weight excluding hydrogens is 250 g/mol. The molecule has 1 amide bonds. The van der Waals surface area contributed by atoms with Crippen molar-refractivity contribution in [3.8, 4) is 0 Å². The topological polar surface area (TPSA) is 81.7 Å². The Morgan fingerprint density at radius 2 is 1.89 bits per heavy atom. The Hall–Kier alpha value is -1.85. The number of hydrogen-bond acceptors (Lipinski definition) is 5. The molecule has 0 aromatic rings. The zero-order valence-electron chi connectivity index (χ0n) is 11.2. The summed E-state index contributed by atoms with van der Waals surface area (Å²) in [6, 6.07) is -0.712. The summed E-state index contributed by atoms with van der Waals surface area (Å²) in [5, 5.41) is 2.55. The van der Waals surface area contributed by atoms with Crippen molar-refractivity contribution < 1.29 is 23.9 Å². The van der Waals surface area contributed by atoms with Gasteiger partial charge >= 0.3 is 11.9 Å². The van der Waals surface area contributed by atoms with E-state index in [1.165, 1.54) is 14.2 Å². The number of hydrogen-bond donors (Lipinski definition) is 1. The SMILES string of the molecule is COC(=O)C1C/C=C/CCC[C@@H](C(=O)OC)NC1=O. The van der Waals surface area contributed by atoms with Gasteiger partial charge in [-0.05, 0) is 25.7 Å². The van der Waals surface area contributed by atoms with Gasteiger partial charge in [0.2, 0.25) is 5.91 Å². The smallest absolute Gasteiger partial charge is 0.328 e. The predicted molar refractivity (Wildman–Crippen MR) is 67.1 cm³/mol. The lowest BCUT2D eigenvalue weighted by atomic mass is 10.0. The molecule has 6 nitrogen and oxygen atoms in total. The minimum absolute atomic E-state index is 0.270. The van der Waals surface area contributed by atoms with Gasteiger partial charge in [-0.15, -0.1) is 0 Å². The molecule has 0 spiro atoms. The van der Waals surface area contributed by atoms with Gasteiger partial charge in [-0.2, -0.15) is 0 Å². The van der Waals surface area contributed by atoms with Crippen molar-refractivity contribution in [1.29, 1.82) is 0 Å². The van der Waals surface area contributed by atoms with Crippen molar-refractivity contribution in [3.05, 3.63) is 12.2 Å². The van der Waals surface area contributed by atoms with Crippen LogP contribution in [0.3, 0.4) is 0 Å². The number of esters is 2. The van der Waals surface area contributed by atoms with Crippen molar-refractivity contribution in [3.63, 3.8) is 0 Å². The third-order valence-electron chi connectivity index (χ3n) is 3.01. The van der Waals surface area contributed by atoms with Gasteiger partial charge < -0.3 is 14.8 Å². The highest BCUT2D eigenvalue weighted by Crippen LogP contribution is 2.13. The number of carbonyl (C=O) groups is 3. The summed E-state index contributed by atoms with van der Waals surface area (Å²) < 4.78 is 9.24. The largest absolute Gasteiger partial charge is 0.468 e. The van der Waals surface area contributed by atoms with Gasteiger partial charge in [-0.3, -0.25) is 9.59 Å². The molecule has 1 rings (SSSR count). The third kappa shape index (κ3) is 4.39. The Labute approximate surface area is 112 Å². The van der Waals surface area contributed by atoms with E-state index in [0.29, 0.717) is 6.42 Å². The average Bonchev–Trinajstić information content (AvgIpc) is 2.43. The van der Waals surface area contributed by atoms with E-state index in [4.69, 9.17) is 0 Å². The molecular formula is C13H19NO5. The first-order valence-corrected chi connectivity index (χ1v) is 6.21. The zero-order valence-corrected chi connectivity index (χ0v) is 11.2. The lowest BCUT2D eigenvalue weighted by Crippen LogP contribution is -2.46. The third-order valence-corrected chi connectivity index (χ3v) is 3.01. The van der Waals surface area contributed by atoms with Gasteiger partial charge in [-0.1, -0.05) is 12.2 Å². The van der Waals surface area contributed by atoms with Crippen molar-refractivity contribution in [2.75, 3.05) is 14.2 Å². The summed E-state index contributed by atoms with van der Waals surface area (Å²) in [6.07, 6.45) is 6.00. The van der Waals surface area contributed by atoms with Crippen LogP contribution < -0.4 is 5.32 Å². The molecule has 1 aliphatic heterocycles. The van der Waals surface area contributed by atoms with Gasteiger partial charge in [0.25, 0.3) is 0 Å². The van der Waals surface area contributed by atoms with Crippen LogP contribution in [-0.4, -0.2) is 38.1 Å². The highest BCUT2D eigenvalue weighted by molar-refractivity contribution is 5.99. The monoisotopic (exact) mass is 269 g/mol. The van der Waals surface area contributed by atoms with Gasteiger partial charge in [0.1, 0.15) is 12.0 Å². The first kappa shape index (κ1) is 15.2. The van der Waals surface area contributed by atoms with Crippen LogP contribution in [0.2, 0.25) is 0 Å². The van der Waals surface area contributed by atoms with E-state index in [9.17, 15) is 14.4 Å². The van der Waals surface area contributed by atoms with Crippen LogP contribution in [0.4, 0.5) is 0 Å². The standard InChI is InChI=1S/C13H19NO5/c1-18-12(16)9-7-5-3-4-6-8-10(13(17)19-2)14-11(9)15/h3,5,9-10H,4,6-8H2,1-2H3,(H,14,15)/b5-3+/t9?,10-/m0/s1. The van der Waals surface area contributed by atoms with Crippen molar-refractivity contribution >= 4 is 17.8 Å². The summed E-state index contributed by atoms with van der Waals surface area (Å²) in [6.45, 7) is 0. The van der Waals surface area contributed by atoms with Crippen molar-refractivity contribution in [2.45, 2.75) is 31.7 Å². The molecule has 19 heavy (non-hydrogen) atoms. The maximum absolute atomic E-state index is 12.0. The summed E-state index contributed by atoms with van der Waals surface area (Å²) in [7, 11) is 2.50. The first-order chi connectivity index (χ1) is 9.10. The maximum Gasteiger partial charge on any atom is 0.328 e. The molecule has 2 atom stereocenters. The molecule has 1 heterocycles. The van der Waals surface area contributed by atoms with E-state index in [1.807, 2.05) is 6.08 Å². The molecule has 0 aliphatic carbocycles. The molecule has 0 saturated heterocycles. The molecule has 106 valence electrons. The lowest BCUT2D eigenvalue weighted by Gasteiger charge is -2.20. The Bertz CT molecular complexity index is 377. The fourth-order valence-corrected chi connectivity index (χ4v) is 1.91. The summed E-state index contributed by atoms with van der Waals surface area (Å²) in [5.41, 5.74) is 0. The first-order valence-electron chi connectivity index (χ1n) is 6.21. The normalized spacial score (nSPS) is 25.9. The molecule has 1 unspecified atom stereocenters. The molecule has 0 aromatic carbocycles. The Morgan fingerprint density at radius 1 is 1.21 bits per heavy atom.